The quantitative estimate of drug-likeness (QED) is 0.767. The molecule has 0 saturated carbocycles. The van der Waals surface area contributed by atoms with E-state index in [1.165, 1.54) is 5.56 Å². The van der Waals surface area contributed by atoms with Crippen LogP contribution in [0.5, 0.6) is 0 Å². The molecule has 0 aromatic heterocycles. The molecule has 84 valence electrons. The van der Waals surface area contributed by atoms with Crippen molar-refractivity contribution in [1.29, 1.82) is 0 Å². The fourth-order valence-corrected chi connectivity index (χ4v) is 1.21. The molecule has 0 aliphatic rings. The number of rotatable bonds is 4. The van der Waals surface area contributed by atoms with Crippen LogP contribution in [0.3, 0.4) is 0 Å². The molecule has 1 rings (SSSR count). The van der Waals surface area contributed by atoms with Gasteiger partial charge in [0.1, 0.15) is 6.29 Å². The minimum absolute atomic E-state index is 0.187. The Kier molecular flexibility index (Phi) is 8.69. The maximum Gasteiger partial charge on any atom is 0.123 e. The van der Waals surface area contributed by atoms with Crippen LogP contribution in [0.15, 0.2) is 30.3 Å². The van der Waals surface area contributed by atoms with E-state index in [0.29, 0.717) is 0 Å². The van der Waals surface area contributed by atoms with Crippen LogP contribution in [0.25, 0.3) is 0 Å². The van der Waals surface area contributed by atoms with Crippen molar-refractivity contribution in [2.24, 2.45) is 5.92 Å². The molecule has 0 aliphatic heterocycles. The van der Waals surface area contributed by atoms with Crippen LogP contribution >= 0.6 is 0 Å². The topological polar surface area (TPSA) is 29.1 Å². The molecule has 0 bridgehead atoms. The molecule has 1 unspecified atom stereocenters. The van der Waals surface area contributed by atoms with E-state index in [4.69, 9.17) is 0 Å². The molecule has 1 aromatic carbocycles. The second-order valence-electron chi connectivity index (χ2n) is 3.49. The van der Waals surface area contributed by atoms with Gasteiger partial charge in [-0.25, -0.2) is 0 Å². The Balaban J connectivity index is 0.000000583. The first-order valence-electron chi connectivity index (χ1n) is 5.36. The molecule has 0 saturated heterocycles. The Morgan fingerprint density at radius 1 is 1.27 bits per heavy atom. The smallest absolute Gasteiger partial charge is 0.123 e. The summed E-state index contributed by atoms with van der Waals surface area (Å²) < 4.78 is 0. The van der Waals surface area contributed by atoms with E-state index >= 15 is 0 Å². The van der Waals surface area contributed by atoms with Crippen molar-refractivity contribution in [1.82, 2.24) is 5.32 Å². The van der Waals surface area contributed by atoms with Gasteiger partial charge in [0.25, 0.3) is 0 Å². The SMILES string of the molecule is CCC(C=O)Cc1ccccc1.CNC. The van der Waals surface area contributed by atoms with Crippen molar-refractivity contribution in [2.45, 2.75) is 19.8 Å². The first-order chi connectivity index (χ1) is 7.28. The number of nitrogens with one attached hydrogen (secondary N) is 1. The van der Waals surface area contributed by atoms with Crippen LogP contribution in [0.2, 0.25) is 0 Å². The lowest BCUT2D eigenvalue weighted by Gasteiger charge is -2.05. The standard InChI is InChI=1S/C11H14O.C2H7N/c1-2-10(9-12)8-11-6-4-3-5-7-11;1-3-2/h3-7,9-10H,2,8H2,1H3;3H,1-2H3. The van der Waals surface area contributed by atoms with Gasteiger partial charge in [0.2, 0.25) is 0 Å². The van der Waals surface area contributed by atoms with E-state index in [1.807, 2.05) is 39.2 Å². The highest BCUT2D eigenvalue weighted by molar-refractivity contribution is 5.54. The first kappa shape index (κ1) is 13.8. The summed E-state index contributed by atoms with van der Waals surface area (Å²) in [5.41, 5.74) is 1.25. The fourth-order valence-electron chi connectivity index (χ4n) is 1.21. The van der Waals surface area contributed by atoms with Crippen LogP contribution in [-0.2, 0) is 11.2 Å². The van der Waals surface area contributed by atoms with Gasteiger partial charge in [0.15, 0.2) is 0 Å². The van der Waals surface area contributed by atoms with E-state index in [0.717, 1.165) is 19.1 Å². The van der Waals surface area contributed by atoms with E-state index < -0.39 is 0 Å². The zero-order valence-electron chi connectivity index (χ0n) is 9.86. The predicted octanol–water partition coefficient (Wildman–Crippen LogP) is 2.29. The molecule has 2 heteroatoms. The van der Waals surface area contributed by atoms with Crippen molar-refractivity contribution >= 4 is 6.29 Å². The third kappa shape index (κ3) is 6.86. The van der Waals surface area contributed by atoms with Gasteiger partial charge in [-0.15, -0.1) is 0 Å². The lowest BCUT2D eigenvalue weighted by molar-refractivity contribution is -0.111. The highest BCUT2D eigenvalue weighted by Crippen LogP contribution is 2.09. The Hall–Kier alpha value is -1.15. The number of hydrogen-bond donors (Lipinski definition) is 1. The van der Waals surface area contributed by atoms with Crippen LogP contribution in [-0.4, -0.2) is 20.4 Å². The predicted molar refractivity (Wildman–Crippen MR) is 65.0 cm³/mol. The Bertz CT molecular complexity index is 246. The Labute approximate surface area is 92.7 Å². The van der Waals surface area contributed by atoms with Crippen molar-refractivity contribution in [3.63, 3.8) is 0 Å². The summed E-state index contributed by atoms with van der Waals surface area (Å²) in [4.78, 5) is 10.5. The van der Waals surface area contributed by atoms with Crippen molar-refractivity contribution in [2.75, 3.05) is 14.1 Å². The fraction of sp³-hybridized carbons (Fsp3) is 0.462. The van der Waals surface area contributed by atoms with Crippen LogP contribution in [0, 0.1) is 5.92 Å². The number of carbonyl (C=O) groups excluding carboxylic acids is 1. The molecule has 0 spiro atoms. The molecular weight excluding hydrogens is 186 g/mol. The zero-order valence-corrected chi connectivity index (χ0v) is 9.86. The molecule has 0 heterocycles. The van der Waals surface area contributed by atoms with Crippen molar-refractivity contribution in [3.8, 4) is 0 Å². The van der Waals surface area contributed by atoms with Gasteiger partial charge in [-0.1, -0.05) is 37.3 Å². The molecule has 15 heavy (non-hydrogen) atoms. The molecule has 0 fully saturated rings. The van der Waals surface area contributed by atoms with Crippen molar-refractivity contribution < 1.29 is 4.79 Å². The third-order valence-corrected chi connectivity index (χ3v) is 2.06. The summed E-state index contributed by atoms with van der Waals surface area (Å²) in [6.45, 7) is 2.04. The van der Waals surface area contributed by atoms with E-state index in [2.05, 4.69) is 17.4 Å². The minimum Gasteiger partial charge on any atom is -0.323 e. The normalized spacial score (nSPS) is 11.1. The highest BCUT2D eigenvalue weighted by atomic mass is 16.1. The van der Waals surface area contributed by atoms with E-state index in [1.54, 1.807) is 0 Å². The summed E-state index contributed by atoms with van der Waals surface area (Å²) in [5, 5.41) is 2.75. The third-order valence-electron chi connectivity index (χ3n) is 2.06. The molecule has 0 amide bonds. The lowest BCUT2D eigenvalue weighted by atomic mass is 9.99. The number of hydrogen-bond acceptors (Lipinski definition) is 2. The summed E-state index contributed by atoms with van der Waals surface area (Å²) >= 11 is 0. The summed E-state index contributed by atoms with van der Waals surface area (Å²) in [6, 6.07) is 10.1. The Morgan fingerprint density at radius 3 is 2.20 bits per heavy atom. The summed E-state index contributed by atoms with van der Waals surface area (Å²) in [7, 11) is 3.75. The van der Waals surface area contributed by atoms with Gasteiger partial charge in [-0.3, -0.25) is 0 Å². The maximum atomic E-state index is 10.5. The van der Waals surface area contributed by atoms with E-state index in [9.17, 15) is 4.79 Å². The molecule has 0 radical (unpaired) electrons. The molecule has 1 aromatic rings. The summed E-state index contributed by atoms with van der Waals surface area (Å²) in [6.07, 6.45) is 2.85. The maximum absolute atomic E-state index is 10.5. The average Bonchev–Trinajstić information content (AvgIpc) is 2.28. The lowest BCUT2D eigenvalue weighted by Crippen LogP contribution is -2.03. The zero-order chi connectivity index (χ0) is 11.5. The van der Waals surface area contributed by atoms with Crippen molar-refractivity contribution in [3.05, 3.63) is 35.9 Å². The monoisotopic (exact) mass is 207 g/mol. The summed E-state index contributed by atoms with van der Waals surface area (Å²) in [5.74, 6) is 0.187. The van der Waals surface area contributed by atoms with Crippen LogP contribution in [0.1, 0.15) is 18.9 Å². The van der Waals surface area contributed by atoms with Gasteiger partial charge in [-0.2, -0.15) is 0 Å². The van der Waals surface area contributed by atoms with Crippen LogP contribution < -0.4 is 5.32 Å². The molecule has 1 N–H and O–H groups in total. The Morgan fingerprint density at radius 2 is 1.80 bits per heavy atom. The molecule has 2 nitrogen and oxygen atoms in total. The van der Waals surface area contributed by atoms with Gasteiger partial charge in [-0.05, 0) is 32.5 Å². The number of aldehydes is 1. The minimum atomic E-state index is 0.187. The second kappa shape index (κ2) is 9.41. The molecular formula is C13H21NO. The highest BCUT2D eigenvalue weighted by Gasteiger charge is 2.04. The number of carbonyl (C=O) groups is 1. The van der Waals surface area contributed by atoms with E-state index in [-0.39, 0.29) is 5.92 Å². The number of benzene rings is 1. The van der Waals surface area contributed by atoms with Crippen LogP contribution in [0.4, 0.5) is 0 Å². The van der Waals surface area contributed by atoms with Gasteiger partial charge >= 0.3 is 0 Å². The second-order valence-corrected chi connectivity index (χ2v) is 3.49. The van der Waals surface area contributed by atoms with Gasteiger partial charge in [0, 0.05) is 5.92 Å². The first-order valence-corrected chi connectivity index (χ1v) is 5.36. The van der Waals surface area contributed by atoms with Gasteiger partial charge < -0.3 is 10.1 Å². The largest absolute Gasteiger partial charge is 0.323 e. The molecule has 1 atom stereocenters. The molecule has 0 aliphatic carbocycles. The van der Waals surface area contributed by atoms with Gasteiger partial charge in [0.05, 0.1) is 0 Å². The average molecular weight is 207 g/mol.